The van der Waals surface area contributed by atoms with Gasteiger partial charge >= 0.3 is 0 Å². The molecule has 1 N–H and O–H groups in total. The summed E-state index contributed by atoms with van der Waals surface area (Å²) in [5.74, 6) is 0.872. The Hall–Kier alpha value is -1.02. The van der Waals surface area contributed by atoms with E-state index in [1.165, 1.54) is 5.56 Å². The standard InChI is InChI=1S/C12H18O2/c1-12(2,9-13)8-10-5-4-6-11(7-10)14-3/h4-7,13H,8-9H2,1-3H3. The molecule has 2 nitrogen and oxygen atoms in total. The van der Waals surface area contributed by atoms with Gasteiger partial charge in [-0.25, -0.2) is 0 Å². The van der Waals surface area contributed by atoms with Crippen molar-refractivity contribution in [2.45, 2.75) is 20.3 Å². The predicted octanol–water partition coefficient (Wildman–Crippen LogP) is 2.26. The molecule has 1 aromatic carbocycles. The summed E-state index contributed by atoms with van der Waals surface area (Å²) >= 11 is 0. The third-order valence-corrected chi connectivity index (χ3v) is 2.24. The molecule has 0 saturated carbocycles. The highest BCUT2D eigenvalue weighted by molar-refractivity contribution is 5.29. The zero-order valence-corrected chi connectivity index (χ0v) is 9.08. The number of rotatable bonds is 4. The third kappa shape index (κ3) is 3.04. The molecular formula is C12H18O2. The average Bonchev–Trinajstić information content (AvgIpc) is 2.17. The highest BCUT2D eigenvalue weighted by Gasteiger charge is 2.17. The number of benzene rings is 1. The lowest BCUT2D eigenvalue weighted by atomic mass is 9.87. The van der Waals surface area contributed by atoms with Crippen LogP contribution in [0, 0.1) is 5.41 Å². The van der Waals surface area contributed by atoms with Crippen LogP contribution in [-0.2, 0) is 6.42 Å². The Bertz CT molecular complexity index is 292. The Morgan fingerprint density at radius 3 is 2.64 bits per heavy atom. The van der Waals surface area contributed by atoms with Crippen LogP contribution >= 0.6 is 0 Å². The Morgan fingerprint density at radius 2 is 2.07 bits per heavy atom. The first-order valence-electron chi connectivity index (χ1n) is 4.81. The molecule has 0 heterocycles. The molecule has 14 heavy (non-hydrogen) atoms. The van der Waals surface area contributed by atoms with Crippen LogP contribution in [0.15, 0.2) is 24.3 Å². The third-order valence-electron chi connectivity index (χ3n) is 2.24. The van der Waals surface area contributed by atoms with E-state index in [0.29, 0.717) is 0 Å². The fourth-order valence-corrected chi connectivity index (χ4v) is 1.39. The summed E-state index contributed by atoms with van der Waals surface area (Å²) in [5, 5.41) is 9.15. The second-order valence-electron chi connectivity index (χ2n) is 4.35. The van der Waals surface area contributed by atoms with Crippen molar-refractivity contribution < 1.29 is 9.84 Å². The monoisotopic (exact) mass is 194 g/mol. The number of aliphatic hydroxyl groups excluding tert-OH is 1. The summed E-state index contributed by atoms with van der Waals surface area (Å²) in [5.41, 5.74) is 1.13. The first-order valence-corrected chi connectivity index (χ1v) is 4.81. The van der Waals surface area contributed by atoms with Gasteiger partial charge in [0, 0.05) is 6.61 Å². The second kappa shape index (κ2) is 4.47. The van der Waals surface area contributed by atoms with Crippen LogP contribution in [-0.4, -0.2) is 18.8 Å². The van der Waals surface area contributed by atoms with Gasteiger partial charge in [-0.1, -0.05) is 26.0 Å². The zero-order chi connectivity index (χ0) is 10.6. The molecular weight excluding hydrogens is 176 g/mol. The lowest BCUT2D eigenvalue weighted by molar-refractivity contribution is 0.159. The van der Waals surface area contributed by atoms with E-state index in [4.69, 9.17) is 9.84 Å². The molecule has 0 unspecified atom stereocenters. The lowest BCUT2D eigenvalue weighted by Crippen LogP contribution is -2.19. The predicted molar refractivity (Wildman–Crippen MR) is 57.6 cm³/mol. The van der Waals surface area contributed by atoms with Gasteiger partial charge in [0.15, 0.2) is 0 Å². The summed E-state index contributed by atoms with van der Waals surface area (Å²) in [4.78, 5) is 0. The number of hydrogen-bond donors (Lipinski definition) is 1. The number of ether oxygens (including phenoxy) is 1. The second-order valence-corrected chi connectivity index (χ2v) is 4.35. The molecule has 0 spiro atoms. The Morgan fingerprint density at radius 1 is 1.36 bits per heavy atom. The van der Waals surface area contributed by atoms with E-state index in [-0.39, 0.29) is 12.0 Å². The summed E-state index contributed by atoms with van der Waals surface area (Å²) in [6, 6.07) is 7.97. The normalized spacial score (nSPS) is 11.4. The van der Waals surface area contributed by atoms with Gasteiger partial charge in [0.25, 0.3) is 0 Å². The van der Waals surface area contributed by atoms with Crippen LogP contribution in [0.2, 0.25) is 0 Å². The van der Waals surface area contributed by atoms with Crippen molar-refractivity contribution in [3.05, 3.63) is 29.8 Å². The molecule has 0 aromatic heterocycles. The number of hydrogen-bond acceptors (Lipinski definition) is 2. The molecule has 0 saturated heterocycles. The molecule has 0 amide bonds. The highest BCUT2D eigenvalue weighted by atomic mass is 16.5. The van der Waals surface area contributed by atoms with Crippen LogP contribution in [0.4, 0.5) is 0 Å². The SMILES string of the molecule is COc1cccc(CC(C)(C)CO)c1. The molecule has 0 aliphatic rings. The van der Waals surface area contributed by atoms with Crippen molar-refractivity contribution >= 4 is 0 Å². The minimum atomic E-state index is -0.0631. The van der Waals surface area contributed by atoms with Gasteiger partial charge in [-0.05, 0) is 29.5 Å². The Labute approximate surface area is 85.5 Å². The van der Waals surface area contributed by atoms with E-state index in [9.17, 15) is 0 Å². The molecule has 0 aliphatic heterocycles. The van der Waals surface area contributed by atoms with Crippen LogP contribution < -0.4 is 4.74 Å². The zero-order valence-electron chi connectivity index (χ0n) is 9.08. The first-order chi connectivity index (χ1) is 6.57. The quantitative estimate of drug-likeness (QED) is 0.796. The molecule has 1 aromatic rings. The fraction of sp³-hybridized carbons (Fsp3) is 0.500. The van der Waals surface area contributed by atoms with Crippen molar-refractivity contribution in [2.75, 3.05) is 13.7 Å². The van der Waals surface area contributed by atoms with Crippen LogP contribution in [0.25, 0.3) is 0 Å². The van der Waals surface area contributed by atoms with Crippen LogP contribution in [0.1, 0.15) is 19.4 Å². The number of methoxy groups -OCH3 is 1. The Kier molecular flexibility index (Phi) is 3.53. The van der Waals surface area contributed by atoms with E-state index in [2.05, 4.69) is 6.07 Å². The fourth-order valence-electron chi connectivity index (χ4n) is 1.39. The first kappa shape index (κ1) is 11.1. The van der Waals surface area contributed by atoms with Crippen LogP contribution in [0.5, 0.6) is 5.75 Å². The molecule has 0 atom stereocenters. The van der Waals surface area contributed by atoms with Gasteiger partial charge < -0.3 is 9.84 Å². The van der Waals surface area contributed by atoms with Crippen molar-refractivity contribution in [3.63, 3.8) is 0 Å². The van der Waals surface area contributed by atoms with Gasteiger partial charge in [0.2, 0.25) is 0 Å². The summed E-state index contributed by atoms with van der Waals surface area (Å²) in [7, 11) is 1.66. The topological polar surface area (TPSA) is 29.5 Å². The van der Waals surface area contributed by atoms with Crippen molar-refractivity contribution in [1.82, 2.24) is 0 Å². The van der Waals surface area contributed by atoms with Crippen molar-refractivity contribution in [2.24, 2.45) is 5.41 Å². The van der Waals surface area contributed by atoms with E-state index in [1.54, 1.807) is 7.11 Å². The Balaban J connectivity index is 2.76. The summed E-state index contributed by atoms with van der Waals surface area (Å²) < 4.78 is 5.14. The maximum absolute atomic E-state index is 9.15. The van der Waals surface area contributed by atoms with E-state index >= 15 is 0 Å². The molecule has 1 rings (SSSR count). The molecule has 0 bridgehead atoms. The van der Waals surface area contributed by atoms with E-state index in [1.807, 2.05) is 32.0 Å². The minimum absolute atomic E-state index is 0.0631. The maximum atomic E-state index is 9.15. The highest BCUT2D eigenvalue weighted by Crippen LogP contribution is 2.23. The molecule has 0 fully saturated rings. The largest absolute Gasteiger partial charge is 0.497 e. The molecule has 2 heteroatoms. The van der Waals surface area contributed by atoms with E-state index in [0.717, 1.165) is 12.2 Å². The number of aliphatic hydroxyl groups is 1. The smallest absolute Gasteiger partial charge is 0.119 e. The molecule has 78 valence electrons. The van der Waals surface area contributed by atoms with E-state index < -0.39 is 0 Å². The van der Waals surface area contributed by atoms with Gasteiger partial charge in [-0.2, -0.15) is 0 Å². The maximum Gasteiger partial charge on any atom is 0.119 e. The summed E-state index contributed by atoms with van der Waals surface area (Å²) in [6.07, 6.45) is 0.862. The molecule has 0 aliphatic carbocycles. The summed E-state index contributed by atoms with van der Waals surface area (Å²) in [6.45, 7) is 4.29. The van der Waals surface area contributed by atoms with Gasteiger partial charge in [-0.3, -0.25) is 0 Å². The minimum Gasteiger partial charge on any atom is -0.497 e. The average molecular weight is 194 g/mol. The van der Waals surface area contributed by atoms with Gasteiger partial charge in [-0.15, -0.1) is 0 Å². The molecule has 0 radical (unpaired) electrons. The van der Waals surface area contributed by atoms with Crippen molar-refractivity contribution in [3.8, 4) is 5.75 Å². The van der Waals surface area contributed by atoms with Gasteiger partial charge in [0.05, 0.1) is 7.11 Å². The van der Waals surface area contributed by atoms with Gasteiger partial charge in [0.1, 0.15) is 5.75 Å². The van der Waals surface area contributed by atoms with Crippen LogP contribution in [0.3, 0.4) is 0 Å². The lowest BCUT2D eigenvalue weighted by Gasteiger charge is -2.21. The van der Waals surface area contributed by atoms with Crippen molar-refractivity contribution in [1.29, 1.82) is 0 Å².